The van der Waals surface area contributed by atoms with E-state index in [2.05, 4.69) is 27.1 Å². The molecule has 0 saturated carbocycles. The molecule has 0 spiro atoms. The normalized spacial score (nSPS) is 14.8. The highest BCUT2D eigenvalue weighted by molar-refractivity contribution is 7.15. The predicted octanol–water partition coefficient (Wildman–Crippen LogP) is 3.56. The monoisotopic (exact) mass is 340 g/mol. The second-order valence-corrected chi connectivity index (χ2v) is 7.32. The number of benzene rings is 1. The lowest BCUT2D eigenvalue weighted by Gasteiger charge is -2.23. The molecule has 0 aliphatic carbocycles. The Bertz CT molecular complexity index is 911. The Kier molecular flexibility index (Phi) is 3.86. The third kappa shape index (κ3) is 2.83. The first-order valence-corrected chi connectivity index (χ1v) is 9.05. The van der Waals surface area contributed by atoms with Gasteiger partial charge in [-0.3, -0.25) is 15.0 Å². The van der Waals surface area contributed by atoms with Crippen LogP contribution in [0.25, 0.3) is 10.9 Å². The Morgan fingerprint density at radius 1 is 1.42 bits per heavy atom. The fourth-order valence-electron chi connectivity index (χ4n) is 3.10. The third-order valence-electron chi connectivity index (χ3n) is 4.50. The van der Waals surface area contributed by atoms with Crippen LogP contribution in [0.15, 0.2) is 24.3 Å². The minimum Gasteiger partial charge on any atom is -0.351 e. The van der Waals surface area contributed by atoms with Gasteiger partial charge in [-0.05, 0) is 31.2 Å². The van der Waals surface area contributed by atoms with Gasteiger partial charge in [0, 0.05) is 35.3 Å². The van der Waals surface area contributed by atoms with E-state index in [4.69, 9.17) is 0 Å². The third-order valence-corrected chi connectivity index (χ3v) is 5.50. The standard InChI is InChI=1S/C18H20N4OS/c1-3-22-7-6-13-16(10-22)24-18(20-13)21-17(23)15-9-12-5-4-11(2)8-14(12)19-15/h4-5,8-9,19H,3,6-7,10H2,1-2H3,(H,20,21,23). The molecule has 0 fully saturated rings. The van der Waals surface area contributed by atoms with E-state index in [0.717, 1.165) is 42.7 Å². The van der Waals surface area contributed by atoms with Crippen molar-refractivity contribution in [3.05, 3.63) is 46.1 Å². The van der Waals surface area contributed by atoms with Crippen molar-refractivity contribution < 1.29 is 4.79 Å². The fourth-order valence-corrected chi connectivity index (χ4v) is 4.15. The maximum Gasteiger partial charge on any atom is 0.273 e. The second kappa shape index (κ2) is 6.03. The topological polar surface area (TPSA) is 61.0 Å². The van der Waals surface area contributed by atoms with Crippen molar-refractivity contribution in [3.8, 4) is 0 Å². The van der Waals surface area contributed by atoms with Gasteiger partial charge < -0.3 is 4.98 Å². The van der Waals surface area contributed by atoms with Crippen LogP contribution in [0.5, 0.6) is 0 Å². The summed E-state index contributed by atoms with van der Waals surface area (Å²) in [5.74, 6) is -0.137. The van der Waals surface area contributed by atoms with Crippen molar-refractivity contribution in [1.29, 1.82) is 0 Å². The summed E-state index contributed by atoms with van der Waals surface area (Å²) in [6, 6.07) is 8.01. The molecule has 0 saturated heterocycles. The van der Waals surface area contributed by atoms with Crippen molar-refractivity contribution >= 4 is 33.3 Å². The summed E-state index contributed by atoms with van der Waals surface area (Å²) in [5, 5.41) is 4.68. The maximum atomic E-state index is 12.5. The highest BCUT2D eigenvalue weighted by Gasteiger charge is 2.21. The van der Waals surface area contributed by atoms with Gasteiger partial charge >= 0.3 is 0 Å². The van der Waals surface area contributed by atoms with Gasteiger partial charge in [0.25, 0.3) is 5.91 Å². The van der Waals surface area contributed by atoms with Crippen LogP contribution in [-0.4, -0.2) is 33.9 Å². The minimum absolute atomic E-state index is 0.137. The zero-order valence-corrected chi connectivity index (χ0v) is 14.7. The second-order valence-electron chi connectivity index (χ2n) is 6.24. The summed E-state index contributed by atoms with van der Waals surface area (Å²) in [7, 11) is 0. The van der Waals surface area contributed by atoms with Crippen LogP contribution in [0.2, 0.25) is 0 Å². The zero-order valence-electron chi connectivity index (χ0n) is 13.8. The van der Waals surface area contributed by atoms with Gasteiger partial charge in [-0.1, -0.05) is 19.1 Å². The number of anilines is 1. The molecule has 3 heterocycles. The van der Waals surface area contributed by atoms with E-state index in [9.17, 15) is 4.79 Å². The van der Waals surface area contributed by atoms with Crippen molar-refractivity contribution in [3.63, 3.8) is 0 Å². The number of nitrogens with zero attached hydrogens (tertiary/aromatic N) is 2. The Labute approximate surface area is 144 Å². The number of aromatic nitrogens is 2. The molecule has 2 N–H and O–H groups in total. The van der Waals surface area contributed by atoms with Gasteiger partial charge in [0.05, 0.1) is 5.69 Å². The average molecular weight is 340 g/mol. The molecule has 6 heteroatoms. The molecule has 1 aliphatic rings. The quantitative estimate of drug-likeness (QED) is 0.766. The van der Waals surface area contributed by atoms with E-state index >= 15 is 0 Å². The Balaban J connectivity index is 1.54. The molecule has 0 bridgehead atoms. The van der Waals surface area contributed by atoms with Crippen molar-refractivity contribution in [2.24, 2.45) is 0 Å². The first kappa shape index (κ1) is 15.4. The van der Waals surface area contributed by atoms with Crippen LogP contribution >= 0.6 is 11.3 Å². The predicted molar refractivity (Wildman–Crippen MR) is 97.8 cm³/mol. The van der Waals surface area contributed by atoms with Gasteiger partial charge in [-0.25, -0.2) is 4.98 Å². The van der Waals surface area contributed by atoms with Crippen LogP contribution in [0, 0.1) is 6.92 Å². The number of carbonyl (C=O) groups is 1. The molecule has 1 aliphatic heterocycles. The summed E-state index contributed by atoms with van der Waals surface area (Å²) in [4.78, 5) is 24.0. The number of hydrogen-bond donors (Lipinski definition) is 2. The molecule has 1 aromatic carbocycles. The first-order chi connectivity index (χ1) is 11.6. The number of nitrogens with one attached hydrogen (secondary N) is 2. The zero-order chi connectivity index (χ0) is 16.7. The van der Waals surface area contributed by atoms with Gasteiger partial charge in [0.15, 0.2) is 5.13 Å². The van der Waals surface area contributed by atoms with Gasteiger partial charge in [0.2, 0.25) is 0 Å². The Morgan fingerprint density at radius 3 is 3.12 bits per heavy atom. The lowest BCUT2D eigenvalue weighted by atomic mass is 10.2. The van der Waals surface area contributed by atoms with E-state index in [1.165, 1.54) is 10.4 Å². The van der Waals surface area contributed by atoms with Gasteiger partial charge in [0.1, 0.15) is 5.69 Å². The van der Waals surface area contributed by atoms with Crippen LogP contribution < -0.4 is 5.32 Å². The van der Waals surface area contributed by atoms with E-state index in [-0.39, 0.29) is 5.91 Å². The number of aromatic amines is 1. The molecule has 0 unspecified atom stereocenters. The number of amides is 1. The number of aryl methyl sites for hydroxylation is 1. The largest absolute Gasteiger partial charge is 0.351 e. The Morgan fingerprint density at radius 2 is 2.29 bits per heavy atom. The smallest absolute Gasteiger partial charge is 0.273 e. The van der Waals surface area contributed by atoms with E-state index < -0.39 is 0 Å². The molecule has 124 valence electrons. The molecule has 4 rings (SSSR count). The number of fused-ring (bicyclic) bond motifs is 2. The number of carbonyl (C=O) groups excluding carboxylic acids is 1. The summed E-state index contributed by atoms with van der Waals surface area (Å²) in [6.07, 6.45) is 0.960. The number of likely N-dealkylation sites (N-methyl/N-ethyl adjacent to an activating group) is 1. The highest BCUT2D eigenvalue weighted by atomic mass is 32.1. The van der Waals surface area contributed by atoms with Crippen LogP contribution in [0.1, 0.15) is 33.5 Å². The van der Waals surface area contributed by atoms with E-state index in [1.807, 2.05) is 31.2 Å². The maximum absolute atomic E-state index is 12.5. The van der Waals surface area contributed by atoms with E-state index in [1.54, 1.807) is 11.3 Å². The fraction of sp³-hybridized carbons (Fsp3) is 0.333. The van der Waals surface area contributed by atoms with E-state index in [0.29, 0.717) is 10.8 Å². The average Bonchev–Trinajstić information content (AvgIpc) is 3.16. The molecule has 24 heavy (non-hydrogen) atoms. The van der Waals surface area contributed by atoms with Crippen LogP contribution in [-0.2, 0) is 13.0 Å². The van der Waals surface area contributed by atoms with Gasteiger partial charge in [-0.15, -0.1) is 11.3 Å². The summed E-state index contributed by atoms with van der Waals surface area (Å²) >= 11 is 1.59. The summed E-state index contributed by atoms with van der Waals surface area (Å²) in [6.45, 7) is 7.24. The molecular formula is C18H20N4OS. The highest BCUT2D eigenvalue weighted by Crippen LogP contribution is 2.28. The van der Waals surface area contributed by atoms with Gasteiger partial charge in [-0.2, -0.15) is 0 Å². The molecule has 3 aromatic rings. The number of H-pyrrole nitrogens is 1. The van der Waals surface area contributed by atoms with Crippen molar-refractivity contribution in [2.45, 2.75) is 26.8 Å². The van der Waals surface area contributed by atoms with Crippen LogP contribution in [0.3, 0.4) is 0 Å². The summed E-state index contributed by atoms with van der Waals surface area (Å²) < 4.78 is 0. The number of hydrogen-bond acceptors (Lipinski definition) is 4. The first-order valence-electron chi connectivity index (χ1n) is 8.24. The molecule has 2 aromatic heterocycles. The lowest BCUT2D eigenvalue weighted by molar-refractivity contribution is 0.102. The molecular weight excluding hydrogens is 320 g/mol. The molecule has 1 amide bonds. The lowest BCUT2D eigenvalue weighted by Crippen LogP contribution is -2.29. The SMILES string of the molecule is CCN1CCc2nc(NC(=O)c3cc4ccc(C)cc4[nH]3)sc2C1. The Hall–Kier alpha value is -2.18. The summed E-state index contributed by atoms with van der Waals surface area (Å²) in [5.41, 5.74) is 3.85. The molecule has 5 nitrogen and oxygen atoms in total. The number of thiazole rings is 1. The number of rotatable bonds is 3. The van der Waals surface area contributed by atoms with Crippen LogP contribution in [0.4, 0.5) is 5.13 Å². The van der Waals surface area contributed by atoms with Crippen molar-refractivity contribution in [2.75, 3.05) is 18.4 Å². The molecule has 0 radical (unpaired) electrons. The van der Waals surface area contributed by atoms with Crippen molar-refractivity contribution in [1.82, 2.24) is 14.9 Å². The molecule has 0 atom stereocenters. The minimum atomic E-state index is -0.137.